The van der Waals surface area contributed by atoms with Crippen LogP contribution in [0.3, 0.4) is 0 Å². The highest BCUT2D eigenvalue weighted by molar-refractivity contribution is 5.94. The normalized spacial score (nSPS) is 14.4. The minimum Gasteiger partial charge on any atom is -0.374 e. The number of nitrogens with one attached hydrogen (secondary N) is 2. The number of hydrogen-bond donors (Lipinski definition) is 3. The molecule has 0 bridgehead atoms. The Labute approximate surface area is 205 Å². The van der Waals surface area contributed by atoms with Gasteiger partial charge in [-0.25, -0.2) is 9.97 Å². The predicted octanol–water partition coefficient (Wildman–Crippen LogP) is 5.08. The Balaban J connectivity index is 1.53. The monoisotopic (exact) mass is 469 g/mol. The van der Waals surface area contributed by atoms with Gasteiger partial charge in [0.1, 0.15) is 6.23 Å². The molecule has 0 aliphatic heterocycles. The summed E-state index contributed by atoms with van der Waals surface area (Å²) < 4.78 is 2.05. The topological polar surface area (TPSA) is 91.5 Å². The predicted molar refractivity (Wildman–Crippen MR) is 138 cm³/mol. The van der Waals surface area contributed by atoms with Crippen LogP contribution in [-0.4, -0.2) is 37.8 Å². The summed E-state index contributed by atoms with van der Waals surface area (Å²) in [4.78, 5) is 21.3. The van der Waals surface area contributed by atoms with Crippen molar-refractivity contribution in [2.24, 2.45) is 5.92 Å². The molecule has 4 aromatic rings. The third-order valence-electron chi connectivity index (χ3n) is 6.25. The molecular weight excluding hydrogens is 438 g/mol. The fraction of sp³-hybridized carbons (Fsp3) is 0.321. The first-order valence-corrected chi connectivity index (χ1v) is 12.2. The zero-order valence-electron chi connectivity index (χ0n) is 20.3. The van der Waals surface area contributed by atoms with E-state index in [1.807, 2.05) is 60.9 Å². The number of aliphatic hydroxyl groups is 1. The van der Waals surface area contributed by atoms with Crippen LogP contribution in [0.25, 0.3) is 28.2 Å². The minimum absolute atomic E-state index is 0.0389. The van der Waals surface area contributed by atoms with Crippen molar-refractivity contribution in [2.45, 2.75) is 45.9 Å². The molecule has 7 heteroatoms. The number of imidazole rings is 1. The number of carbonyl (C=O) groups excluding carboxylic acids is 1. The molecule has 1 saturated carbocycles. The molecule has 1 aliphatic rings. The molecule has 1 atom stereocenters. The number of nitrogens with zero attached hydrogens (tertiary/aromatic N) is 3. The summed E-state index contributed by atoms with van der Waals surface area (Å²) in [5, 5.41) is 17.1. The highest BCUT2D eigenvalue weighted by Crippen LogP contribution is 2.29. The molecular formula is C28H31N5O2. The lowest BCUT2D eigenvalue weighted by Gasteiger charge is -2.14. The van der Waals surface area contributed by atoms with Crippen molar-refractivity contribution < 1.29 is 9.90 Å². The Morgan fingerprint density at radius 1 is 1.09 bits per heavy atom. The summed E-state index contributed by atoms with van der Waals surface area (Å²) >= 11 is 0. The lowest BCUT2D eigenvalue weighted by Crippen LogP contribution is -2.22. The van der Waals surface area contributed by atoms with Gasteiger partial charge in [-0.1, -0.05) is 62.4 Å². The summed E-state index contributed by atoms with van der Waals surface area (Å²) in [5.74, 6) is 1.21. The summed E-state index contributed by atoms with van der Waals surface area (Å²) in [6.45, 7) is 6.65. The van der Waals surface area contributed by atoms with Gasteiger partial charge in [0.2, 0.25) is 0 Å². The second kappa shape index (κ2) is 9.60. The molecule has 7 nitrogen and oxygen atoms in total. The number of ketones is 1. The average Bonchev–Trinajstić information content (AvgIpc) is 3.57. The highest BCUT2D eigenvalue weighted by Gasteiger charge is 2.24. The van der Waals surface area contributed by atoms with Crippen molar-refractivity contribution in [1.82, 2.24) is 19.7 Å². The van der Waals surface area contributed by atoms with E-state index in [-0.39, 0.29) is 5.78 Å². The van der Waals surface area contributed by atoms with Crippen LogP contribution in [0.4, 0.5) is 5.82 Å². The number of anilines is 1. The molecule has 0 radical (unpaired) electrons. The first-order valence-electron chi connectivity index (χ1n) is 12.2. The van der Waals surface area contributed by atoms with Crippen molar-refractivity contribution in [3.8, 4) is 22.5 Å². The lowest BCUT2D eigenvalue weighted by atomic mass is 10.1. The lowest BCUT2D eigenvalue weighted by molar-refractivity contribution is 0.101. The summed E-state index contributed by atoms with van der Waals surface area (Å²) in [7, 11) is 0. The molecule has 0 spiro atoms. The molecule has 2 heterocycles. The van der Waals surface area contributed by atoms with Crippen molar-refractivity contribution in [3.63, 3.8) is 0 Å². The Morgan fingerprint density at radius 3 is 2.40 bits per heavy atom. The zero-order valence-corrected chi connectivity index (χ0v) is 20.3. The SMILES string of the molecule is CC(=O)c1ccc(-c2cn3c(-c4ccc(C(O)NC5CC5)cc4)cnc3c(NCC(C)C)n2)cc1. The fourth-order valence-corrected chi connectivity index (χ4v) is 4.04. The number of Topliss-reactive ketones (excluding diaryl/α,β-unsaturated/α-hetero) is 1. The van der Waals surface area contributed by atoms with Gasteiger partial charge < -0.3 is 10.4 Å². The van der Waals surface area contributed by atoms with Gasteiger partial charge in [-0.05, 0) is 31.2 Å². The number of hydrogen-bond acceptors (Lipinski definition) is 6. The third-order valence-corrected chi connectivity index (χ3v) is 6.25. The Kier molecular flexibility index (Phi) is 6.36. The zero-order chi connectivity index (χ0) is 24.5. The van der Waals surface area contributed by atoms with Crippen LogP contribution in [0.1, 0.15) is 55.8 Å². The second-order valence-electron chi connectivity index (χ2n) is 9.69. The van der Waals surface area contributed by atoms with Crippen LogP contribution >= 0.6 is 0 Å². The van der Waals surface area contributed by atoms with E-state index in [0.717, 1.165) is 58.9 Å². The van der Waals surface area contributed by atoms with Crippen molar-refractivity contribution in [2.75, 3.05) is 11.9 Å². The van der Waals surface area contributed by atoms with Crippen molar-refractivity contribution >= 4 is 17.2 Å². The maximum atomic E-state index is 11.7. The molecule has 0 amide bonds. The number of fused-ring (bicyclic) bond motifs is 1. The van der Waals surface area contributed by atoms with Crippen LogP contribution < -0.4 is 10.6 Å². The van der Waals surface area contributed by atoms with E-state index >= 15 is 0 Å². The quantitative estimate of drug-likeness (QED) is 0.234. The Morgan fingerprint density at radius 2 is 1.77 bits per heavy atom. The Hall–Kier alpha value is -3.55. The first kappa shape index (κ1) is 23.2. The van der Waals surface area contributed by atoms with Crippen molar-refractivity contribution in [3.05, 3.63) is 72.1 Å². The van der Waals surface area contributed by atoms with E-state index in [1.165, 1.54) is 0 Å². The summed E-state index contributed by atoms with van der Waals surface area (Å²) in [6, 6.07) is 15.9. The van der Waals surface area contributed by atoms with E-state index < -0.39 is 6.23 Å². The molecule has 2 aromatic heterocycles. The number of aliphatic hydroxyl groups excluding tert-OH is 1. The maximum Gasteiger partial charge on any atom is 0.180 e. The minimum atomic E-state index is -0.653. The Bertz CT molecular complexity index is 1340. The van der Waals surface area contributed by atoms with Crippen LogP contribution in [0.5, 0.6) is 0 Å². The fourth-order valence-electron chi connectivity index (χ4n) is 4.04. The van der Waals surface area contributed by atoms with Crippen LogP contribution in [-0.2, 0) is 0 Å². The van der Waals surface area contributed by atoms with Gasteiger partial charge in [-0.3, -0.25) is 14.5 Å². The van der Waals surface area contributed by atoms with Crippen molar-refractivity contribution in [1.29, 1.82) is 0 Å². The second-order valence-corrected chi connectivity index (χ2v) is 9.69. The average molecular weight is 470 g/mol. The standard InChI is InChI=1S/C28H31N5O2/c1-17(2)14-29-26-27-30-15-25(21-8-10-22(11-9-21)28(35)31-23-12-13-23)33(27)16-24(32-26)20-6-4-19(5-7-20)18(3)34/h4-11,15-17,23,28,31,35H,12-14H2,1-3H3,(H,29,32). The molecule has 3 N–H and O–H groups in total. The van der Waals surface area contributed by atoms with E-state index in [2.05, 4.69) is 33.9 Å². The summed E-state index contributed by atoms with van der Waals surface area (Å²) in [6.07, 6.45) is 5.43. The van der Waals surface area contributed by atoms with Gasteiger partial charge in [0.15, 0.2) is 17.2 Å². The highest BCUT2D eigenvalue weighted by atomic mass is 16.3. The molecule has 1 unspecified atom stereocenters. The van der Waals surface area contributed by atoms with Crippen LogP contribution in [0, 0.1) is 5.92 Å². The van der Waals surface area contributed by atoms with Gasteiger partial charge in [-0.2, -0.15) is 0 Å². The molecule has 35 heavy (non-hydrogen) atoms. The van der Waals surface area contributed by atoms with E-state index in [9.17, 15) is 9.90 Å². The van der Waals surface area contributed by atoms with E-state index in [1.54, 1.807) is 6.92 Å². The number of carbonyl (C=O) groups is 1. The third kappa shape index (κ3) is 5.11. The van der Waals surface area contributed by atoms with Gasteiger partial charge in [0, 0.05) is 35.5 Å². The summed E-state index contributed by atoms with van der Waals surface area (Å²) in [5.41, 5.74) is 5.93. The molecule has 0 saturated heterocycles. The van der Waals surface area contributed by atoms with Gasteiger partial charge in [-0.15, -0.1) is 0 Å². The maximum absolute atomic E-state index is 11.7. The number of rotatable bonds is 9. The van der Waals surface area contributed by atoms with E-state index in [4.69, 9.17) is 4.98 Å². The molecule has 5 rings (SSSR count). The van der Waals surface area contributed by atoms with Gasteiger partial charge in [0.25, 0.3) is 0 Å². The molecule has 1 aliphatic carbocycles. The smallest absolute Gasteiger partial charge is 0.180 e. The number of benzene rings is 2. The van der Waals surface area contributed by atoms with Gasteiger partial charge in [0.05, 0.1) is 17.6 Å². The first-order chi connectivity index (χ1) is 16.9. The largest absolute Gasteiger partial charge is 0.374 e. The van der Waals surface area contributed by atoms with E-state index in [0.29, 0.717) is 17.5 Å². The molecule has 1 fully saturated rings. The number of aromatic nitrogens is 3. The molecule has 2 aromatic carbocycles. The molecule has 180 valence electrons. The van der Waals surface area contributed by atoms with Crippen LogP contribution in [0.2, 0.25) is 0 Å². The van der Waals surface area contributed by atoms with Gasteiger partial charge >= 0.3 is 0 Å². The van der Waals surface area contributed by atoms with Crippen LogP contribution in [0.15, 0.2) is 60.9 Å².